The molecule has 0 aromatic heterocycles. The Morgan fingerprint density at radius 1 is 1.42 bits per heavy atom. The number of carbonyl (C=O) groups is 3. The molecule has 1 aromatic carbocycles. The lowest BCUT2D eigenvalue weighted by atomic mass is 10.1. The Morgan fingerprint density at radius 3 is 2.79 bits per heavy atom. The van der Waals surface area contributed by atoms with Gasteiger partial charge in [0.25, 0.3) is 5.91 Å². The van der Waals surface area contributed by atoms with E-state index in [0.29, 0.717) is 17.0 Å². The average molecular weight is 281 g/mol. The van der Waals surface area contributed by atoms with Crippen molar-refractivity contribution in [2.75, 3.05) is 0 Å². The second kappa shape index (κ2) is 5.40. The Hall–Kier alpha value is -1.88. The van der Waals surface area contributed by atoms with Crippen LogP contribution in [0, 0.1) is 6.92 Å². The smallest absolute Gasteiger partial charge is 0.251 e. The molecule has 1 saturated heterocycles. The Balaban J connectivity index is 2.06. The zero-order valence-electron chi connectivity index (χ0n) is 10.3. The van der Waals surface area contributed by atoms with Gasteiger partial charge < -0.3 is 5.32 Å². The third-order valence-corrected chi connectivity index (χ3v) is 3.39. The van der Waals surface area contributed by atoms with Crippen LogP contribution in [0.4, 0.5) is 0 Å². The average Bonchev–Trinajstić information content (AvgIpc) is 2.36. The van der Waals surface area contributed by atoms with Gasteiger partial charge in [-0.15, -0.1) is 0 Å². The summed E-state index contributed by atoms with van der Waals surface area (Å²) in [4.78, 5) is 34.5. The number of halogens is 1. The summed E-state index contributed by atoms with van der Waals surface area (Å²) in [7, 11) is 0. The van der Waals surface area contributed by atoms with Gasteiger partial charge in [0.15, 0.2) is 0 Å². The number of nitrogens with one attached hydrogen (secondary N) is 2. The number of piperidine rings is 1. The van der Waals surface area contributed by atoms with Crippen molar-refractivity contribution >= 4 is 29.3 Å². The van der Waals surface area contributed by atoms with Crippen LogP contribution in [0.2, 0.25) is 5.02 Å². The van der Waals surface area contributed by atoms with Gasteiger partial charge in [0, 0.05) is 17.0 Å². The first-order chi connectivity index (χ1) is 8.97. The van der Waals surface area contributed by atoms with Crippen LogP contribution in [0.3, 0.4) is 0 Å². The molecule has 100 valence electrons. The van der Waals surface area contributed by atoms with E-state index in [2.05, 4.69) is 10.6 Å². The number of aryl methyl sites for hydroxylation is 1. The van der Waals surface area contributed by atoms with Crippen LogP contribution >= 0.6 is 11.6 Å². The third kappa shape index (κ3) is 3.12. The summed E-state index contributed by atoms with van der Waals surface area (Å²) >= 11 is 5.94. The first-order valence-corrected chi connectivity index (χ1v) is 6.26. The molecule has 1 aliphatic rings. The lowest BCUT2D eigenvalue weighted by Gasteiger charge is -2.21. The lowest BCUT2D eigenvalue weighted by Crippen LogP contribution is -2.52. The molecule has 6 heteroatoms. The van der Waals surface area contributed by atoms with Crippen molar-refractivity contribution in [1.29, 1.82) is 0 Å². The summed E-state index contributed by atoms with van der Waals surface area (Å²) in [5.41, 5.74) is 1.26. The minimum absolute atomic E-state index is 0.228. The maximum absolute atomic E-state index is 12.0. The van der Waals surface area contributed by atoms with Crippen LogP contribution in [0.25, 0.3) is 0 Å². The highest BCUT2D eigenvalue weighted by Gasteiger charge is 2.28. The molecule has 1 aliphatic heterocycles. The van der Waals surface area contributed by atoms with E-state index < -0.39 is 11.9 Å². The predicted molar refractivity (Wildman–Crippen MR) is 69.8 cm³/mol. The molecule has 1 fully saturated rings. The van der Waals surface area contributed by atoms with E-state index in [1.54, 1.807) is 18.2 Å². The molecule has 1 atom stereocenters. The van der Waals surface area contributed by atoms with Crippen LogP contribution in [0.5, 0.6) is 0 Å². The van der Waals surface area contributed by atoms with Gasteiger partial charge >= 0.3 is 0 Å². The van der Waals surface area contributed by atoms with E-state index in [1.165, 1.54) is 0 Å². The number of carbonyl (C=O) groups excluding carboxylic acids is 3. The van der Waals surface area contributed by atoms with E-state index in [0.717, 1.165) is 5.56 Å². The summed E-state index contributed by atoms with van der Waals surface area (Å²) in [5, 5.41) is 5.27. The Kier molecular flexibility index (Phi) is 3.85. The van der Waals surface area contributed by atoms with E-state index >= 15 is 0 Å². The largest absolute Gasteiger partial charge is 0.340 e. The van der Waals surface area contributed by atoms with Gasteiger partial charge in [0.2, 0.25) is 11.8 Å². The molecular weight excluding hydrogens is 268 g/mol. The number of hydrogen-bond donors (Lipinski definition) is 2. The van der Waals surface area contributed by atoms with Crippen molar-refractivity contribution in [3.63, 3.8) is 0 Å². The Labute approximate surface area is 115 Å². The molecule has 0 radical (unpaired) electrons. The fourth-order valence-electron chi connectivity index (χ4n) is 1.81. The van der Waals surface area contributed by atoms with Gasteiger partial charge in [0.05, 0.1) is 0 Å². The third-order valence-electron chi connectivity index (χ3n) is 2.98. The molecule has 0 spiro atoms. The fourth-order valence-corrected chi connectivity index (χ4v) is 1.99. The molecule has 2 rings (SSSR count). The monoisotopic (exact) mass is 280 g/mol. The number of rotatable bonds is 2. The van der Waals surface area contributed by atoms with Crippen molar-refractivity contribution in [2.45, 2.75) is 25.8 Å². The molecule has 2 N–H and O–H groups in total. The van der Waals surface area contributed by atoms with E-state index in [-0.39, 0.29) is 18.2 Å². The zero-order chi connectivity index (χ0) is 14.0. The summed E-state index contributed by atoms with van der Waals surface area (Å²) in [6.45, 7) is 1.84. The van der Waals surface area contributed by atoms with Crippen molar-refractivity contribution in [3.05, 3.63) is 34.3 Å². The Bertz CT molecular complexity index is 557. The van der Waals surface area contributed by atoms with Crippen LogP contribution in [0.1, 0.15) is 28.8 Å². The number of hydrogen-bond acceptors (Lipinski definition) is 3. The molecule has 1 aromatic rings. The van der Waals surface area contributed by atoms with E-state index in [1.807, 2.05) is 6.92 Å². The molecule has 0 aliphatic carbocycles. The molecule has 3 amide bonds. The van der Waals surface area contributed by atoms with Gasteiger partial charge in [-0.25, -0.2) is 0 Å². The molecule has 0 bridgehead atoms. The molecule has 5 nitrogen and oxygen atoms in total. The molecule has 1 heterocycles. The normalized spacial score (nSPS) is 18.9. The standard InChI is InChI=1S/C13H13ClN2O3/c1-7-2-3-8(6-9(7)14)12(18)15-10-4-5-11(17)16-13(10)19/h2-3,6,10H,4-5H2,1H3,(H,15,18)(H,16,17,19). The number of imide groups is 1. The fraction of sp³-hybridized carbons (Fsp3) is 0.308. The summed E-state index contributed by atoms with van der Waals surface area (Å²) < 4.78 is 0. The van der Waals surface area contributed by atoms with E-state index in [4.69, 9.17) is 11.6 Å². The SMILES string of the molecule is Cc1ccc(C(=O)NC2CCC(=O)NC2=O)cc1Cl. The Morgan fingerprint density at radius 2 is 2.16 bits per heavy atom. The molecule has 1 unspecified atom stereocenters. The summed E-state index contributed by atoms with van der Waals surface area (Å²) in [5.74, 6) is -1.16. The molecule has 19 heavy (non-hydrogen) atoms. The highest BCUT2D eigenvalue weighted by atomic mass is 35.5. The van der Waals surface area contributed by atoms with E-state index in [9.17, 15) is 14.4 Å². The second-order valence-electron chi connectivity index (χ2n) is 4.44. The zero-order valence-corrected chi connectivity index (χ0v) is 11.1. The molecular formula is C13H13ClN2O3. The first kappa shape index (κ1) is 13.5. The van der Waals surface area contributed by atoms with Gasteiger partial charge in [-0.2, -0.15) is 0 Å². The van der Waals surface area contributed by atoms with Gasteiger partial charge in [0.1, 0.15) is 6.04 Å². The van der Waals surface area contributed by atoms with Crippen LogP contribution in [-0.4, -0.2) is 23.8 Å². The van der Waals surface area contributed by atoms with Gasteiger partial charge in [-0.1, -0.05) is 17.7 Å². The maximum Gasteiger partial charge on any atom is 0.251 e. The van der Waals surface area contributed by atoms with Crippen molar-refractivity contribution in [2.24, 2.45) is 0 Å². The summed E-state index contributed by atoms with van der Waals surface area (Å²) in [6.07, 6.45) is 0.543. The van der Waals surface area contributed by atoms with Gasteiger partial charge in [-0.05, 0) is 31.0 Å². The highest BCUT2D eigenvalue weighted by molar-refractivity contribution is 6.31. The van der Waals surface area contributed by atoms with Crippen molar-refractivity contribution < 1.29 is 14.4 Å². The van der Waals surface area contributed by atoms with Crippen LogP contribution in [-0.2, 0) is 9.59 Å². The highest BCUT2D eigenvalue weighted by Crippen LogP contribution is 2.17. The van der Waals surface area contributed by atoms with Gasteiger partial charge in [-0.3, -0.25) is 19.7 Å². The first-order valence-electron chi connectivity index (χ1n) is 5.88. The van der Waals surface area contributed by atoms with Crippen LogP contribution in [0.15, 0.2) is 18.2 Å². The summed E-state index contributed by atoms with van der Waals surface area (Å²) in [6, 6.07) is 4.26. The lowest BCUT2D eigenvalue weighted by molar-refractivity contribution is -0.134. The second-order valence-corrected chi connectivity index (χ2v) is 4.85. The van der Waals surface area contributed by atoms with Crippen molar-refractivity contribution in [1.82, 2.24) is 10.6 Å². The molecule has 0 saturated carbocycles. The van der Waals surface area contributed by atoms with Crippen LogP contribution < -0.4 is 10.6 Å². The minimum Gasteiger partial charge on any atom is -0.340 e. The van der Waals surface area contributed by atoms with Crippen molar-refractivity contribution in [3.8, 4) is 0 Å². The number of benzene rings is 1. The number of amides is 3. The minimum atomic E-state index is -0.676. The predicted octanol–water partition coefficient (Wildman–Crippen LogP) is 1.18. The topological polar surface area (TPSA) is 75.3 Å². The quantitative estimate of drug-likeness (QED) is 0.799. The maximum atomic E-state index is 12.0.